The fourth-order valence-electron chi connectivity index (χ4n) is 1.87. The van der Waals surface area contributed by atoms with Crippen molar-refractivity contribution < 1.29 is 22.8 Å². The van der Waals surface area contributed by atoms with Gasteiger partial charge >= 0.3 is 12.2 Å². The summed E-state index contributed by atoms with van der Waals surface area (Å²) in [7, 11) is 0. The molecule has 1 rings (SSSR count). The molecule has 0 spiro atoms. The van der Waals surface area contributed by atoms with Crippen molar-refractivity contribution in [2.75, 3.05) is 11.9 Å². The third-order valence-corrected chi connectivity index (χ3v) is 3.13. The molecule has 1 aromatic rings. The van der Waals surface area contributed by atoms with Crippen LogP contribution in [0.5, 0.6) is 0 Å². The molecule has 5 nitrogen and oxygen atoms in total. The summed E-state index contributed by atoms with van der Waals surface area (Å²) in [6.07, 6.45) is -1.36. The van der Waals surface area contributed by atoms with Crippen LogP contribution in [0.15, 0.2) is 36.9 Å². The second kappa shape index (κ2) is 8.95. The number of hydrogen-bond acceptors (Lipinski definition) is 2. The maximum atomic E-state index is 12.1. The number of urea groups is 1. The highest BCUT2D eigenvalue weighted by Crippen LogP contribution is 2.14. The van der Waals surface area contributed by atoms with E-state index in [0.29, 0.717) is 12.1 Å². The van der Waals surface area contributed by atoms with Gasteiger partial charge in [0, 0.05) is 17.3 Å². The van der Waals surface area contributed by atoms with E-state index in [1.54, 1.807) is 11.4 Å². The van der Waals surface area contributed by atoms with Gasteiger partial charge in [0.2, 0.25) is 0 Å². The highest BCUT2D eigenvalue weighted by molar-refractivity contribution is 5.95. The van der Waals surface area contributed by atoms with E-state index in [0.717, 1.165) is 6.42 Å². The minimum Gasteiger partial charge on any atom is -0.343 e. The summed E-state index contributed by atoms with van der Waals surface area (Å²) in [5.41, 5.74) is 0.497. The first-order valence-corrected chi connectivity index (χ1v) is 7.38. The molecule has 0 aliphatic carbocycles. The van der Waals surface area contributed by atoms with Gasteiger partial charge in [0.15, 0.2) is 0 Å². The fourth-order valence-corrected chi connectivity index (χ4v) is 1.87. The predicted octanol–water partition coefficient (Wildman–Crippen LogP) is 3.45. The number of carbonyl (C=O) groups is 2. The monoisotopic (exact) mass is 343 g/mol. The van der Waals surface area contributed by atoms with Crippen molar-refractivity contribution in [3.8, 4) is 0 Å². The number of anilines is 1. The molecule has 0 heterocycles. The lowest BCUT2D eigenvalue weighted by Gasteiger charge is -2.15. The number of hydrogen-bond donors (Lipinski definition) is 3. The highest BCUT2D eigenvalue weighted by atomic mass is 19.4. The number of amides is 3. The first-order chi connectivity index (χ1) is 11.2. The molecule has 0 fully saturated rings. The van der Waals surface area contributed by atoms with E-state index < -0.39 is 24.7 Å². The third kappa shape index (κ3) is 7.17. The van der Waals surface area contributed by atoms with Gasteiger partial charge in [-0.15, -0.1) is 6.58 Å². The summed E-state index contributed by atoms with van der Waals surface area (Å²) in [5.74, 6) is -0.833. The minimum absolute atomic E-state index is 0.0325. The molecule has 0 aliphatic rings. The van der Waals surface area contributed by atoms with Crippen molar-refractivity contribution in [3.05, 3.63) is 42.5 Å². The Labute approximate surface area is 138 Å². The molecular weight excluding hydrogens is 323 g/mol. The molecule has 0 bridgehead atoms. The molecule has 0 aliphatic heterocycles. The second-order valence-corrected chi connectivity index (χ2v) is 5.10. The summed E-state index contributed by atoms with van der Waals surface area (Å²) in [6.45, 7) is 4.16. The number of nitrogens with one attached hydrogen (secondary N) is 3. The van der Waals surface area contributed by atoms with E-state index in [9.17, 15) is 22.8 Å². The van der Waals surface area contributed by atoms with Crippen molar-refractivity contribution in [3.63, 3.8) is 0 Å². The van der Waals surface area contributed by atoms with Gasteiger partial charge in [0.1, 0.15) is 6.54 Å². The number of benzene rings is 1. The van der Waals surface area contributed by atoms with Gasteiger partial charge in [0.25, 0.3) is 5.91 Å². The van der Waals surface area contributed by atoms with Gasteiger partial charge in [0.05, 0.1) is 0 Å². The molecule has 0 aromatic heterocycles. The normalized spacial score (nSPS) is 12.2. The average molecular weight is 343 g/mol. The van der Waals surface area contributed by atoms with Gasteiger partial charge in [-0.3, -0.25) is 4.79 Å². The SMILES string of the molecule is C=CC[C@@H](CC)NC(=O)Nc1ccc(C(=O)NCC(F)(F)F)cc1. The largest absolute Gasteiger partial charge is 0.405 e. The summed E-state index contributed by atoms with van der Waals surface area (Å²) in [6, 6.07) is 5.12. The standard InChI is InChI=1S/C16H20F3N3O2/c1-3-5-12(4-2)21-15(24)22-13-8-6-11(7-9-13)14(23)20-10-16(17,18)19/h3,6-9,12H,1,4-5,10H2,2H3,(H,20,23)(H2,21,22,24)/t12-/m1/s1. The summed E-state index contributed by atoms with van der Waals surface area (Å²) < 4.78 is 36.2. The van der Waals surface area contributed by atoms with Crippen LogP contribution in [-0.4, -0.2) is 30.7 Å². The lowest BCUT2D eigenvalue weighted by Crippen LogP contribution is -2.37. The first kappa shape index (κ1) is 19.5. The van der Waals surface area contributed by atoms with Gasteiger partial charge in [-0.05, 0) is 37.1 Å². The molecule has 24 heavy (non-hydrogen) atoms. The van der Waals surface area contributed by atoms with Crippen LogP contribution in [0.25, 0.3) is 0 Å². The predicted molar refractivity (Wildman–Crippen MR) is 85.9 cm³/mol. The van der Waals surface area contributed by atoms with E-state index >= 15 is 0 Å². The zero-order chi connectivity index (χ0) is 18.2. The lowest BCUT2D eigenvalue weighted by atomic mass is 10.1. The van der Waals surface area contributed by atoms with E-state index in [4.69, 9.17) is 0 Å². The third-order valence-electron chi connectivity index (χ3n) is 3.13. The van der Waals surface area contributed by atoms with Crippen LogP contribution in [0.4, 0.5) is 23.7 Å². The van der Waals surface area contributed by atoms with E-state index in [-0.39, 0.29) is 11.6 Å². The molecule has 3 N–H and O–H groups in total. The van der Waals surface area contributed by atoms with Crippen LogP contribution < -0.4 is 16.0 Å². The molecule has 0 saturated carbocycles. The van der Waals surface area contributed by atoms with Crippen molar-refractivity contribution in [2.24, 2.45) is 0 Å². The van der Waals surface area contributed by atoms with E-state index in [1.165, 1.54) is 24.3 Å². The molecule has 132 valence electrons. The number of carbonyl (C=O) groups excluding carboxylic acids is 2. The summed E-state index contributed by atoms with van der Waals surface area (Å²) >= 11 is 0. The van der Waals surface area contributed by atoms with Crippen LogP contribution in [0.3, 0.4) is 0 Å². The molecule has 8 heteroatoms. The van der Waals surface area contributed by atoms with Gasteiger partial charge in [-0.1, -0.05) is 13.0 Å². The number of rotatable bonds is 7. The van der Waals surface area contributed by atoms with Crippen LogP contribution in [0.2, 0.25) is 0 Å². The molecule has 1 aromatic carbocycles. The zero-order valence-electron chi connectivity index (χ0n) is 13.2. The quantitative estimate of drug-likeness (QED) is 0.664. The summed E-state index contributed by atoms with van der Waals surface area (Å²) in [5, 5.41) is 7.13. The molecular formula is C16H20F3N3O2. The van der Waals surface area contributed by atoms with Crippen molar-refractivity contribution >= 4 is 17.6 Å². The zero-order valence-corrected chi connectivity index (χ0v) is 13.2. The molecule has 3 amide bonds. The molecule has 0 saturated heterocycles. The molecule has 0 unspecified atom stereocenters. The summed E-state index contributed by atoms with van der Waals surface area (Å²) in [4.78, 5) is 23.4. The van der Waals surface area contributed by atoms with Crippen LogP contribution in [0, 0.1) is 0 Å². The van der Waals surface area contributed by atoms with Crippen molar-refractivity contribution in [2.45, 2.75) is 32.0 Å². The van der Waals surface area contributed by atoms with Crippen LogP contribution in [-0.2, 0) is 0 Å². The maximum absolute atomic E-state index is 12.1. The van der Waals surface area contributed by atoms with Crippen molar-refractivity contribution in [1.29, 1.82) is 0 Å². The Bertz CT molecular complexity index is 571. The Morgan fingerprint density at radius 1 is 1.25 bits per heavy atom. The molecule has 1 atom stereocenters. The van der Waals surface area contributed by atoms with Gasteiger partial charge in [-0.25, -0.2) is 4.79 Å². The average Bonchev–Trinajstić information content (AvgIpc) is 2.52. The lowest BCUT2D eigenvalue weighted by molar-refractivity contribution is -0.123. The fraction of sp³-hybridized carbons (Fsp3) is 0.375. The van der Waals surface area contributed by atoms with Gasteiger partial charge < -0.3 is 16.0 Å². The Morgan fingerprint density at radius 2 is 1.88 bits per heavy atom. The second-order valence-electron chi connectivity index (χ2n) is 5.10. The number of halogens is 3. The van der Waals surface area contributed by atoms with Crippen LogP contribution in [0.1, 0.15) is 30.1 Å². The van der Waals surface area contributed by atoms with E-state index in [1.807, 2.05) is 6.92 Å². The highest BCUT2D eigenvalue weighted by Gasteiger charge is 2.27. The minimum atomic E-state index is -4.46. The number of alkyl halides is 3. The first-order valence-electron chi connectivity index (χ1n) is 7.38. The van der Waals surface area contributed by atoms with Gasteiger partial charge in [-0.2, -0.15) is 13.2 Å². The molecule has 0 radical (unpaired) electrons. The maximum Gasteiger partial charge on any atom is 0.405 e. The van der Waals surface area contributed by atoms with E-state index in [2.05, 4.69) is 17.2 Å². The van der Waals surface area contributed by atoms with Crippen LogP contribution >= 0.6 is 0 Å². The Hall–Kier alpha value is -2.51. The Kier molecular flexibility index (Phi) is 7.29. The smallest absolute Gasteiger partial charge is 0.343 e. The Balaban J connectivity index is 2.56. The van der Waals surface area contributed by atoms with Crippen molar-refractivity contribution in [1.82, 2.24) is 10.6 Å². The topological polar surface area (TPSA) is 70.2 Å². The Morgan fingerprint density at radius 3 is 2.38 bits per heavy atom.